The van der Waals surface area contributed by atoms with Crippen molar-refractivity contribution in [2.75, 3.05) is 13.7 Å². The highest BCUT2D eigenvalue weighted by atomic mass is 32.2. The Kier molecular flexibility index (Phi) is 4.50. The molecule has 0 bridgehead atoms. The third kappa shape index (κ3) is 3.99. The zero-order chi connectivity index (χ0) is 13.1. The second-order valence-corrected chi connectivity index (χ2v) is 5.39. The molecule has 1 rings (SSSR count). The van der Waals surface area contributed by atoms with Gasteiger partial charge in [-0.25, -0.2) is 13.6 Å². The number of rotatable bonds is 5. The summed E-state index contributed by atoms with van der Waals surface area (Å²) in [5.74, 6) is 0.626. The van der Waals surface area contributed by atoms with Crippen LogP contribution in [0.2, 0.25) is 0 Å². The highest BCUT2D eigenvalue weighted by Gasteiger charge is 2.10. The number of hydrogen-bond acceptors (Lipinski definition) is 4. The van der Waals surface area contributed by atoms with Crippen molar-refractivity contribution in [2.24, 2.45) is 5.14 Å². The lowest BCUT2D eigenvalue weighted by atomic mass is 10.2. The lowest BCUT2D eigenvalue weighted by molar-refractivity contribution is 0.0714. The molecule has 0 aliphatic heterocycles. The maximum atomic E-state index is 11.1. The SMILES string of the molecule is COC(C)COc1ccc(S(N)(=O)=O)cc1C. The van der Waals surface area contributed by atoms with Crippen LogP contribution in [0.25, 0.3) is 0 Å². The Labute approximate surface area is 102 Å². The van der Waals surface area contributed by atoms with E-state index in [1.54, 1.807) is 20.1 Å². The molecule has 5 nitrogen and oxygen atoms in total. The highest BCUT2D eigenvalue weighted by molar-refractivity contribution is 7.89. The van der Waals surface area contributed by atoms with Crippen LogP contribution < -0.4 is 9.88 Å². The monoisotopic (exact) mass is 259 g/mol. The third-order valence-corrected chi connectivity index (χ3v) is 3.26. The van der Waals surface area contributed by atoms with Gasteiger partial charge in [0, 0.05) is 7.11 Å². The van der Waals surface area contributed by atoms with Crippen molar-refractivity contribution >= 4 is 10.0 Å². The van der Waals surface area contributed by atoms with Gasteiger partial charge in [-0.15, -0.1) is 0 Å². The molecule has 0 fully saturated rings. The van der Waals surface area contributed by atoms with Crippen molar-refractivity contribution in [1.29, 1.82) is 0 Å². The molecule has 6 heteroatoms. The molecule has 0 aliphatic carbocycles. The van der Waals surface area contributed by atoms with E-state index in [1.807, 2.05) is 6.92 Å². The van der Waals surface area contributed by atoms with Crippen LogP contribution in [0.15, 0.2) is 23.1 Å². The summed E-state index contributed by atoms with van der Waals surface area (Å²) in [5.41, 5.74) is 0.722. The summed E-state index contributed by atoms with van der Waals surface area (Å²) in [6.07, 6.45) is -0.0210. The van der Waals surface area contributed by atoms with E-state index in [1.165, 1.54) is 12.1 Å². The van der Waals surface area contributed by atoms with Gasteiger partial charge < -0.3 is 9.47 Å². The zero-order valence-electron chi connectivity index (χ0n) is 10.1. The van der Waals surface area contributed by atoms with Crippen molar-refractivity contribution in [2.45, 2.75) is 24.8 Å². The Balaban J connectivity index is 2.84. The van der Waals surface area contributed by atoms with Gasteiger partial charge in [0.25, 0.3) is 0 Å². The fraction of sp³-hybridized carbons (Fsp3) is 0.455. The number of aryl methyl sites for hydroxylation is 1. The summed E-state index contributed by atoms with van der Waals surface area (Å²) < 4.78 is 32.8. The van der Waals surface area contributed by atoms with Crippen LogP contribution in [0.1, 0.15) is 12.5 Å². The van der Waals surface area contributed by atoms with E-state index in [2.05, 4.69) is 0 Å². The number of methoxy groups -OCH3 is 1. The van der Waals surface area contributed by atoms with E-state index in [4.69, 9.17) is 14.6 Å². The minimum absolute atomic E-state index is 0.0210. The third-order valence-electron chi connectivity index (χ3n) is 2.35. The number of hydrogen-bond donors (Lipinski definition) is 1. The summed E-state index contributed by atoms with van der Waals surface area (Å²) in [7, 11) is -2.06. The van der Waals surface area contributed by atoms with Crippen molar-refractivity contribution < 1.29 is 17.9 Å². The van der Waals surface area contributed by atoms with Gasteiger partial charge in [0.2, 0.25) is 10.0 Å². The van der Waals surface area contributed by atoms with Crippen LogP contribution in [-0.2, 0) is 14.8 Å². The Morgan fingerprint density at radius 3 is 2.53 bits per heavy atom. The van der Waals surface area contributed by atoms with E-state index >= 15 is 0 Å². The van der Waals surface area contributed by atoms with Gasteiger partial charge in [0.05, 0.1) is 11.0 Å². The van der Waals surface area contributed by atoms with Gasteiger partial charge in [0.15, 0.2) is 0 Å². The van der Waals surface area contributed by atoms with Gasteiger partial charge >= 0.3 is 0 Å². The average Bonchev–Trinajstić information content (AvgIpc) is 2.25. The molecule has 0 amide bonds. The zero-order valence-corrected chi connectivity index (χ0v) is 11.0. The molecule has 0 spiro atoms. The summed E-state index contributed by atoms with van der Waals surface area (Å²) in [6.45, 7) is 4.06. The van der Waals surface area contributed by atoms with Crippen molar-refractivity contribution in [3.8, 4) is 5.75 Å². The topological polar surface area (TPSA) is 78.6 Å². The van der Waals surface area contributed by atoms with Crippen LogP contribution in [-0.4, -0.2) is 28.2 Å². The van der Waals surface area contributed by atoms with E-state index in [-0.39, 0.29) is 11.0 Å². The molecule has 96 valence electrons. The van der Waals surface area contributed by atoms with Crippen LogP contribution >= 0.6 is 0 Å². The average molecular weight is 259 g/mol. The fourth-order valence-electron chi connectivity index (χ4n) is 1.24. The fourth-order valence-corrected chi connectivity index (χ4v) is 1.83. The highest BCUT2D eigenvalue weighted by Crippen LogP contribution is 2.21. The summed E-state index contributed by atoms with van der Waals surface area (Å²) >= 11 is 0. The Hall–Kier alpha value is -1.11. The van der Waals surface area contributed by atoms with Crippen molar-refractivity contribution in [1.82, 2.24) is 0 Å². The maximum absolute atomic E-state index is 11.1. The molecule has 2 N–H and O–H groups in total. The standard InChI is InChI=1S/C11H17NO4S/c1-8-6-10(17(12,13)14)4-5-11(8)16-7-9(2)15-3/h4-6,9H,7H2,1-3H3,(H2,12,13,14). The van der Waals surface area contributed by atoms with Crippen molar-refractivity contribution in [3.63, 3.8) is 0 Å². The van der Waals surface area contributed by atoms with Gasteiger partial charge in [-0.05, 0) is 37.6 Å². The molecule has 0 saturated heterocycles. The van der Waals surface area contributed by atoms with E-state index < -0.39 is 10.0 Å². The number of benzene rings is 1. The molecule has 1 atom stereocenters. The molecule has 1 unspecified atom stereocenters. The molecule has 0 heterocycles. The minimum Gasteiger partial charge on any atom is -0.491 e. The molecule has 1 aromatic rings. The van der Waals surface area contributed by atoms with E-state index in [9.17, 15) is 8.42 Å². The summed E-state index contributed by atoms with van der Waals surface area (Å²) in [4.78, 5) is 0.0853. The summed E-state index contributed by atoms with van der Waals surface area (Å²) in [5, 5.41) is 5.03. The Morgan fingerprint density at radius 1 is 1.41 bits per heavy atom. The van der Waals surface area contributed by atoms with Gasteiger partial charge in [-0.1, -0.05) is 0 Å². The second kappa shape index (κ2) is 5.48. The van der Waals surface area contributed by atoms with Gasteiger partial charge in [-0.3, -0.25) is 0 Å². The minimum atomic E-state index is -3.66. The lowest BCUT2D eigenvalue weighted by Gasteiger charge is -2.13. The molecule has 0 saturated carbocycles. The van der Waals surface area contributed by atoms with E-state index in [0.29, 0.717) is 12.4 Å². The number of ether oxygens (including phenoxy) is 2. The van der Waals surface area contributed by atoms with Crippen molar-refractivity contribution in [3.05, 3.63) is 23.8 Å². The summed E-state index contributed by atoms with van der Waals surface area (Å²) in [6, 6.07) is 4.51. The molecule has 0 aliphatic rings. The molecular weight excluding hydrogens is 242 g/mol. The first-order valence-corrected chi connectivity index (χ1v) is 6.68. The van der Waals surface area contributed by atoms with Gasteiger partial charge in [0.1, 0.15) is 12.4 Å². The smallest absolute Gasteiger partial charge is 0.238 e. The number of primary sulfonamides is 1. The predicted octanol–water partition coefficient (Wildman–Crippen LogP) is 1.06. The normalized spacial score (nSPS) is 13.4. The first-order valence-electron chi connectivity index (χ1n) is 5.13. The largest absolute Gasteiger partial charge is 0.491 e. The predicted molar refractivity (Wildman–Crippen MR) is 64.5 cm³/mol. The molecule has 17 heavy (non-hydrogen) atoms. The quantitative estimate of drug-likeness (QED) is 0.857. The van der Waals surface area contributed by atoms with Crippen LogP contribution in [0.5, 0.6) is 5.75 Å². The number of sulfonamides is 1. The van der Waals surface area contributed by atoms with Crippen LogP contribution in [0, 0.1) is 6.92 Å². The number of nitrogens with two attached hydrogens (primary N) is 1. The molecular formula is C11H17NO4S. The van der Waals surface area contributed by atoms with Crippen LogP contribution in [0.4, 0.5) is 0 Å². The van der Waals surface area contributed by atoms with E-state index in [0.717, 1.165) is 5.56 Å². The first-order chi connectivity index (χ1) is 7.84. The van der Waals surface area contributed by atoms with Gasteiger partial charge in [-0.2, -0.15) is 0 Å². The molecule has 0 aromatic heterocycles. The molecule has 0 radical (unpaired) electrons. The lowest BCUT2D eigenvalue weighted by Crippen LogP contribution is -2.16. The first kappa shape index (κ1) is 14.0. The second-order valence-electron chi connectivity index (χ2n) is 3.83. The Morgan fingerprint density at radius 2 is 2.06 bits per heavy atom. The maximum Gasteiger partial charge on any atom is 0.238 e. The van der Waals surface area contributed by atoms with Crippen LogP contribution in [0.3, 0.4) is 0 Å². The Bertz CT molecular complexity index is 484. The molecule has 1 aromatic carbocycles.